The average molecular weight is 356 g/mol. The van der Waals surface area contributed by atoms with Crippen LogP contribution in [0.4, 0.5) is 0 Å². The highest BCUT2D eigenvalue weighted by atomic mass is 35.5. The standard InChI is InChI=1S/C15H22ClN5OS/c1-9(2)5-4-6-10(3)19-11(22)7-23-14-12-13(18-8-17-12)20-15(16)21-14/h8-10H,4-7H2,1-3H3,(H,19,22)(H,17,18,20,21)/t10-/m1/s1. The lowest BCUT2D eigenvalue weighted by Gasteiger charge is -2.14. The van der Waals surface area contributed by atoms with Gasteiger partial charge in [-0.25, -0.2) is 9.97 Å². The lowest BCUT2D eigenvalue weighted by molar-refractivity contribution is -0.119. The second-order valence-corrected chi connectivity index (χ2v) is 7.28. The van der Waals surface area contributed by atoms with Gasteiger partial charge in [-0.1, -0.05) is 38.5 Å². The van der Waals surface area contributed by atoms with Crippen LogP contribution in [0.15, 0.2) is 11.4 Å². The van der Waals surface area contributed by atoms with Gasteiger partial charge in [-0.2, -0.15) is 4.98 Å². The van der Waals surface area contributed by atoms with Gasteiger partial charge in [0.25, 0.3) is 0 Å². The summed E-state index contributed by atoms with van der Waals surface area (Å²) in [7, 11) is 0. The molecule has 0 fully saturated rings. The number of rotatable bonds is 8. The Kier molecular flexibility index (Phi) is 6.65. The number of amides is 1. The summed E-state index contributed by atoms with van der Waals surface area (Å²) in [5.74, 6) is 0.984. The zero-order valence-electron chi connectivity index (χ0n) is 13.6. The van der Waals surface area contributed by atoms with Crippen LogP contribution >= 0.6 is 23.4 Å². The van der Waals surface area contributed by atoms with E-state index in [0.29, 0.717) is 22.1 Å². The summed E-state index contributed by atoms with van der Waals surface area (Å²) >= 11 is 7.20. The molecule has 2 N–H and O–H groups in total. The lowest BCUT2D eigenvalue weighted by Crippen LogP contribution is -2.33. The van der Waals surface area contributed by atoms with Crippen molar-refractivity contribution in [3.05, 3.63) is 11.6 Å². The van der Waals surface area contributed by atoms with Crippen LogP contribution in [0.25, 0.3) is 11.2 Å². The molecule has 126 valence electrons. The number of hydrogen-bond donors (Lipinski definition) is 2. The number of imidazole rings is 1. The number of carbonyl (C=O) groups excluding carboxylic acids is 1. The van der Waals surface area contributed by atoms with Crippen molar-refractivity contribution in [1.82, 2.24) is 25.3 Å². The zero-order valence-corrected chi connectivity index (χ0v) is 15.2. The molecule has 0 radical (unpaired) electrons. The van der Waals surface area contributed by atoms with Crippen LogP contribution in [-0.2, 0) is 4.79 Å². The minimum Gasteiger partial charge on any atom is -0.353 e. The van der Waals surface area contributed by atoms with Crippen molar-refractivity contribution < 1.29 is 4.79 Å². The van der Waals surface area contributed by atoms with Gasteiger partial charge in [0.2, 0.25) is 11.2 Å². The number of halogens is 1. The van der Waals surface area contributed by atoms with Crippen LogP contribution in [0.5, 0.6) is 0 Å². The van der Waals surface area contributed by atoms with E-state index in [4.69, 9.17) is 11.6 Å². The Labute approximate surface area is 145 Å². The Morgan fingerprint density at radius 2 is 2.13 bits per heavy atom. The third-order valence-electron chi connectivity index (χ3n) is 3.39. The van der Waals surface area contributed by atoms with Crippen molar-refractivity contribution >= 4 is 40.4 Å². The molecule has 0 spiro atoms. The van der Waals surface area contributed by atoms with Gasteiger partial charge in [0.15, 0.2) is 5.65 Å². The van der Waals surface area contributed by atoms with E-state index in [0.717, 1.165) is 12.8 Å². The Bertz CT molecular complexity index is 660. The van der Waals surface area contributed by atoms with E-state index in [1.807, 2.05) is 6.92 Å². The fourth-order valence-corrected chi connectivity index (χ4v) is 3.25. The van der Waals surface area contributed by atoms with Crippen molar-refractivity contribution in [2.24, 2.45) is 5.92 Å². The monoisotopic (exact) mass is 355 g/mol. The zero-order chi connectivity index (χ0) is 16.8. The molecule has 2 heterocycles. The van der Waals surface area contributed by atoms with E-state index in [2.05, 4.69) is 39.1 Å². The van der Waals surface area contributed by atoms with Crippen LogP contribution in [0.2, 0.25) is 5.28 Å². The smallest absolute Gasteiger partial charge is 0.230 e. The Morgan fingerprint density at radius 1 is 1.35 bits per heavy atom. The molecule has 2 rings (SSSR count). The van der Waals surface area contributed by atoms with Crippen molar-refractivity contribution in [2.75, 3.05) is 5.75 Å². The van der Waals surface area contributed by atoms with Gasteiger partial charge >= 0.3 is 0 Å². The quantitative estimate of drug-likeness (QED) is 0.430. The molecule has 0 saturated heterocycles. The van der Waals surface area contributed by atoms with Crippen molar-refractivity contribution in [3.63, 3.8) is 0 Å². The first-order chi connectivity index (χ1) is 11.0. The molecule has 1 atom stereocenters. The van der Waals surface area contributed by atoms with Crippen molar-refractivity contribution in [3.8, 4) is 0 Å². The fourth-order valence-electron chi connectivity index (χ4n) is 2.24. The summed E-state index contributed by atoms with van der Waals surface area (Å²) in [4.78, 5) is 27.3. The average Bonchev–Trinajstić information content (AvgIpc) is 2.92. The Hall–Kier alpha value is -1.34. The number of fused-ring (bicyclic) bond motifs is 1. The maximum atomic E-state index is 12.0. The number of thioether (sulfide) groups is 1. The largest absolute Gasteiger partial charge is 0.353 e. The molecule has 2 aromatic heterocycles. The number of nitrogens with zero attached hydrogens (tertiary/aromatic N) is 3. The van der Waals surface area contributed by atoms with Gasteiger partial charge in [-0.15, -0.1) is 0 Å². The third kappa shape index (κ3) is 5.66. The number of H-pyrrole nitrogens is 1. The highest BCUT2D eigenvalue weighted by Crippen LogP contribution is 2.24. The van der Waals surface area contributed by atoms with Crippen LogP contribution in [0.1, 0.15) is 40.0 Å². The highest BCUT2D eigenvalue weighted by molar-refractivity contribution is 8.00. The first-order valence-electron chi connectivity index (χ1n) is 7.74. The fraction of sp³-hybridized carbons (Fsp3) is 0.600. The van der Waals surface area contributed by atoms with Crippen LogP contribution in [-0.4, -0.2) is 37.6 Å². The van der Waals surface area contributed by atoms with E-state index in [1.165, 1.54) is 24.5 Å². The lowest BCUT2D eigenvalue weighted by atomic mass is 10.0. The van der Waals surface area contributed by atoms with Crippen LogP contribution in [0.3, 0.4) is 0 Å². The Morgan fingerprint density at radius 3 is 2.87 bits per heavy atom. The predicted molar refractivity (Wildman–Crippen MR) is 93.7 cm³/mol. The predicted octanol–water partition coefficient (Wildman–Crippen LogP) is 3.43. The van der Waals surface area contributed by atoms with E-state index in [9.17, 15) is 4.79 Å². The SMILES string of the molecule is CC(C)CCC[C@@H](C)NC(=O)CSc1nc(Cl)nc2nc[nH]c12. The number of hydrogen-bond acceptors (Lipinski definition) is 5. The van der Waals surface area contributed by atoms with E-state index >= 15 is 0 Å². The highest BCUT2D eigenvalue weighted by Gasteiger charge is 2.13. The number of nitrogens with one attached hydrogen (secondary N) is 2. The summed E-state index contributed by atoms with van der Waals surface area (Å²) in [6.07, 6.45) is 4.85. The van der Waals surface area contributed by atoms with Crippen LogP contribution in [0, 0.1) is 5.92 Å². The molecular formula is C15H22ClN5OS. The molecule has 8 heteroatoms. The minimum atomic E-state index is -0.00514. The minimum absolute atomic E-state index is 0.00514. The van der Waals surface area contributed by atoms with Gasteiger partial charge in [0.05, 0.1) is 12.1 Å². The first-order valence-corrected chi connectivity index (χ1v) is 9.11. The van der Waals surface area contributed by atoms with Gasteiger partial charge in [-0.3, -0.25) is 4.79 Å². The molecule has 6 nitrogen and oxygen atoms in total. The number of aromatic nitrogens is 4. The second kappa shape index (κ2) is 8.49. The molecule has 0 aliphatic heterocycles. The van der Waals surface area contributed by atoms with Crippen LogP contribution < -0.4 is 5.32 Å². The molecule has 1 amide bonds. The van der Waals surface area contributed by atoms with E-state index in [-0.39, 0.29) is 23.0 Å². The summed E-state index contributed by atoms with van der Waals surface area (Å²) in [6, 6.07) is 0.183. The maximum Gasteiger partial charge on any atom is 0.230 e. The summed E-state index contributed by atoms with van der Waals surface area (Å²) in [6.45, 7) is 6.46. The maximum absolute atomic E-state index is 12.0. The van der Waals surface area contributed by atoms with Gasteiger partial charge in [-0.05, 0) is 30.9 Å². The molecule has 0 aromatic carbocycles. The molecule has 23 heavy (non-hydrogen) atoms. The number of carbonyl (C=O) groups is 1. The van der Waals surface area contributed by atoms with Crippen molar-refractivity contribution in [2.45, 2.75) is 51.1 Å². The second-order valence-electron chi connectivity index (χ2n) is 5.98. The summed E-state index contributed by atoms with van der Waals surface area (Å²) < 4.78 is 0. The van der Waals surface area contributed by atoms with E-state index < -0.39 is 0 Å². The molecule has 0 aliphatic carbocycles. The van der Waals surface area contributed by atoms with Gasteiger partial charge in [0, 0.05) is 6.04 Å². The molecule has 2 aromatic rings. The number of aromatic amines is 1. The summed E-state index contributed by atoms with van der Waals surface area (Å²) in [5, 5.41) is 3.79. The van der Waals surface area contributed by atoms with Gasteiger partial charge < -0.3 is 10.3 Å². The molecular weight excluding hydrogens is 334 g/mol. The molecule has 0 saturated carbocycles. The Balaban J connectivity index is 1.82. The molecule has 0 bridgehead atoms. The topological polar surface area (TPSA) is 83.6 Å². The third-order valence-corrected chi connectivity index (χ3v) is 4.54. The molecule has 0 aliphatic rings. The van der Waals surface area contributed by atoms with E-state index in [1.54, 1.807) is 0 Å². The summed E-state index contributed by atoms with van der Waals surface area (Å²) in [5.41, 5.74) is 1.21. The molecule has 0 unspecified atom stereocenters. The van der Waals surface area contributed by atoms with Gasteiger partial charge in [0.1, 0.15) is 10.5 Å². The first kappa shape index (κ1) is 18.0. The normalized spacial score (nSPS) is 12.7. The van der Waals surface area contributed by atoms with Crippen molar-refractivity contribution in [1.29, 1.82) is 0 Å².